The molecule has 1 aliphatic heterocycles. The SMILES string of the molecule is COc1cc(-c2c(Oc3sc(C)nc3-c3ccccc3)ccnc2N)ccc1N1CCN(C)CC1. The van der Waals surface area contributed by atoms with Crippen LogP contribution in [0.25, 0.3) is 22.4 Å². The number of rotatable bonds is 6. The number of pyridine rings is 1. The topological polar surface area (TPSA) is 76.7 Å². The summed E-state index contributed by atoms with van der Waals surface area (Å²) in [5.74, 6) is 1.84. The molecule has 2 aromatic heterocycles. The molecule has 5 rings (SSSR count). The Bertz CT molecular complexity index is 1320. The van der Waals surface area contributed by atoms with Gasteiger partial charge in [-0.2, -0.15) is 0 Å². The highest BCUT2D eigenvalue weighted by Crippen LogP contribution is 2.44. The number of nitrogen functional groups attached to an aromatic ring is 1. The molecule has 0 bridgehead atoms. The van der Waals surface area contributed by atoms with Crippen molar-refractivity contribution in [1.82, 2.24) is 14.9 Å². The molecular formula is C27H29N5O2S. The molecule has 8 heteroatoms. The fourth-order valence-electron chi connectivity index (χ4n) is 4.33. The highest BCUT2D eigenvalue weighted by atomic mass is 32.1. The van der Waals surface area contributed by atoms with Gasteiger partial charge in [0, 0.05) is 37.9 Å². The zero-order valence-electron chi connectivity index (χ0n) is 20.2. The zero-order valence-corrected chi connectivity index (χ0v) is 21.0. The van der Waals surface area contributed by atoms with Gasteiger partial charge in [-0.25, -0.2) is 9.97 Å². The molecule has 4 aromatic rings. The first-order valence-corrected chi connectivity index (χ1v) is 12.4. The minimum atomic E-state index is 0.402. The van der Waals surface area contributed by atoms with E-state index in [2.05, 4.69) is 34.0 Å². The third kappa shape index (κ3) is 4.80. The Morgan fingerprint density at radius 3 is 2.46 bits per heavy atom. The quantitative estimate of drug-likeness (QED) is 0.395. The Hall–Kier alpha value is -3.62. The van der Waals surface area contributed by atoms with Gasteiger partial charge in [-0.05, 0) is 37.7 Å². The maximum Gasteiger partial charge on any atom is 0.208 e. The minimum Gasteiger partial charge on any atom is -0.495 e. The normalized spacial score (nSPS) is 14.2. The van der Waals surface area contributed by atoms with Crippen molar-refractivity contribution in [2.24, 2.45) is 0 Å². The number of nitrogens with two attached hydrogens (primary N) is 1. The number of hydrogen-bond acceptors (Lipinski definition) is 8. The molecule has 180 valence electrons. The van der Waals surface area contributed by atoms with E-state index < -0.39 is 0 Å². The van der Waals surface area contributed by atoms with Gasteiger partial charge in [-0.1, -0.05) is 47.7 Å². The molecule has 7 nitrogen and oxygen atoms in total. The number of aryl methyl sites for hydroxylation is 1. The molecule has 0 saturated carbocycles. The number of thiazole rings is 1. The minimum absolute atomic E-state index is 0.402. The second-order valence-electron chi connectivity index (χ2n) is 8.58. The van der Waals surface area contributed by atoms with Crippen molar-refractivity contribution in [1.29, 1.82) is 0 Å². The summed E-state index contributed by atoms with van der Waals surface area (Å²) < 4.78 is 12.3. The van der Waals surface area contributed by atoms with E-state index in [1.165, 1.54) is 11.3 Å². The number of aromatic nitrogens is 2. The van der Waals surface area contributed by atoms with E-state index in [0.717, 1.165) is 70.1 Å². The lowest BCUT2D eigenvalue weighted by atomic mass is 10.0. The average molecular weight is 488 g/mol. The average Bonchev–Trinajstić information content (AvgIpc) is 3.25. The summed E-state index contributed by atoms with van der Waals surface area (Å²) >= 11 is 1.51. The van der Waals surface area contributed by atoms with Gasteiger partial charge in [0.05, 0.1) is 23.4 Å². The van der Waals surface area contributed by atoms with Gasteiger partial charge < -0.3 is 25.0 Å². The maximum absolute atomic E-state index is 6.46. The van der Waals surface area contributed by atoms with Crippen molar-refractivity contribution in [3.63, 3.8) is 0 Å². The summed E-state index contributed by atoms with van der Waals surface area (Å²) in [6.07, 6.45) is 1.67. The fraction of sp³-hybridized carbons (Fsp3) is 0.259. The van der Waals surface area contributed by atoms with E-state index in [1.54, 1.807) is 13.3 Å². The standard InChI is InChI=1S/C27H29N5O2S/c1-18-30-25(19-7-5-4-6-8-19)27(35-18)34-22-11-12-29-26(28)24(22)20-9-10-21(23(17-20)33-3)32-15-13-31(2)14-16-32/h4-12,17H,13-16H2,1-3H3,(H2,28,29). The van der Waals surface area contributed by atoms with Gasteiger partial charge in [0.15, 0.2) is 0 Å². The third-order valence-electron chi connectivity index (χ3n) is 6.21. The second kappa shape index (κ2) is 9.93. The lowest BCUT2D eigenvalue weighted by Gasteiger charge is -2.34. The Balaban J connectivity index is 1.52. The summed E-state index contributed by atoms with van der Waals surface area (Å²) in [7, 11) is 3.85. The van der Waals surface area contributed by atoms with Crippen LogP contribution in [0, 0.1) is 6.92 Å². The van der Waals surface area contributed by atoms with Crippen molar-refractivity contribution in [2.45, 2.75) is 6.92 Å². The molecule has 35 heavy (non-hydrogen) atoms. The summed E-state index contributed by atoms with van der Waals surface area (Å²) in [4.78, 5) is 13.8. The van der Waals surface area contributed by atoms with Crippen LogP contribution in [-0.4, -0.2) is 55.2 Å². The van der Waals surface area contributed by atoms with Crippen LogP contribution in [0.5, 0.6) is 16.6 Å². The van der Waals surface area contributed by atoms with Crippen LogP contribution in [0.4, 0.5) is 11.5 Å². The molecule has 1 saturated heterocycles. The molecule has 0 amide bonds. The molecule has 0 atom stereocenters. The Morgan fingerprint density at radius 1 is 0.943 bits per heavy atom. The van der Waals surface area contributed by atoms with Crippen LogP contribution in [0.2, 0.25) is 0 Å². The van der Waals surface area contributed by atoms with Crippen molar-refractivity contribution in [3.8, 4) is 38.9 Å². The summed E-state index contributed by atoms with van der Waals surface area (Å²) in [5, 5.41) is 1.65. The Morgan fingerprint density at radius 2 is 1.71 bits per heavy atom. The summed E-state index contributed by atoms with van der Waals surface area (Å²) in [6, 6.07) is 18.1. The number of benzene rings is 2. The summed E-state index contributed by atoms with van der Waals surface area (Å²) in [5.41, 5.74) is 10.9. The van der Waals surface area contributed by atoms with Crippen molar-refractivity contribution < 1.29 is 9.47 Å². The molecule has 1 aliphatic rings. The van der Waals surface area contributed by atoms with Crippen LogP contribution in [0.1, 0.15) is 5.01 Å². The van der Waals surface area contributed by atoms with Gasteiger partial charge in [0.2, 0.25) is 5.06 Å². The van der Waals surface area contributed by atoms with E-state index in [4.69, 9.17) is 20.2 Å². The molecular weight excluding hydrogens is 458 g/mol. The molecule has 0 unspecified atom stereocenters. The van der Waals surface area contributed by atoms with Crippen LogP contribution < -0.4 is 20.1 Å². The largest absolute Gasteiger partial charge is 0.495 e. The second-order valence-corrected chi connectivity index (χ2v) is 9.75. The Labute approximate surface area is 209 Å². The van der Waals surface area contributed by atoms with E-state index in [-0.39, 0.29) is 0 Å². The predicted molar refractivity (Wildman–Crippen MR) is 143 cm³/mol. The highest BCUT2D eigenvalue weighted by molar-refractivity contribution is 7.13. The summed E-state index contributed by atoms with van der Waals surface area (Å²) in [6.45, 7) is 5.95. The van der Waals surface area contributed by atoms with Crippen LogP contribution in [0.3, 0.4) is 0 Å². The molecule has 2 aromatic carbocycles. The van der Waals surface area contributed by atoms with E-state index in [9.17, 15) is 0 Å². The first-order chi connectivity index (χ1) is 17.0. The van der Waals surface area contributed by atoms with Crippen LogP contribution >= 0.6 is 11.3 Å². The van der Waals surface area contributed by atoms with Gasteiger partial charge >= 0.3 is 0 Å². The molecule has 1 fully saturated rings. The van der Waals surface area contributed by atoms with Crippen LogP contribution in [0.15, 0.2) is 60.8 Å². The lowest BCUT2D eigenvalue weighted by molar-refractivity contribution is 0.311. The lowest BCUT2D eigenvalue weighted by Crippen LogP contribution is -2.44. The predicted octanol–water partition coefficient (Wildman–Crippen LogP) is 5.32. The van der Waals surface area contributed by atoms with Crippen molar-refractivity contribution >= 4 is 22.8 Å². The zero-order chi connectivity index (χ0) is 24.4. The number of hydrogen-bond donors (Lipinski definition) is 1. The first-order valence-electron chi connectivity index (χ1n) is 11.6. The molecule has 2 N–H and O–H groups in total. The van der Waals surface area contributed by atoms with E-state index in [0.29, 0.717) is 11.6 Å². The number of ether oxygens (including phenoxy) is 2. The molecule has 0 radical (unpaired) electrons. The van der Waals surface area contributed by atoms with Crippen molar-refractivity contribution in [3.05, 3.63) is 65.8 Å². The molecule has 3 heterocycles. The number of methoxy groups -OCH3 is 1. The third-order valence-corrected chi connectivity index (χ3v) is 7.06. The fourth-order valence-corrected chi connectivity index (χ4v) is 5.13. The monoisotopic (exact) mass is 487 g/mol. The van der Waals surface area contributed by atoms with Gasteiger partial charge in [-0.15, -0.1) is 0 Å². The van der Waals surface area contributed by atoms with Crippen molar-refractivity contribution in [2.75, 3.05) is 51.0 Å². The van der Waals surface area contributed by atoms with E-state index >= 15 is 0 Å². The van der Waals surface area contributed by atoms with Gasteiger partial charge in [0.1, 0.15) is 23.0 Å². The number of nitrogens with zero attached hydrogens (tertiary/aromatic N) is 4. The molecule has 0 spiro atoms. The van der Waals surface area contributed by atoms with Crippen LogP contribution in [-0.2, 0) is 0 Å². The Kier molecular flexibility index (Phi) is 6.57. The van der Waals surface area contributed by atoms with Gasteiger partial charge in [0.25, 0.3) is 0 Å². The first kappa shape index (κ1) is 23.1. The number of anilines is 2. The maximum atomic E-state index is 6.46. The van der Waals surface area contributed by atoms with Gasteiger partial charge in [-0.3, -0.25) is 0 Å². The number of piperazine rings is 1. The van der Waals surface area contributed by atoms with E-state index in [1.807, 2.05) is 49.4 Å². The number of likely N-dealkylation sites (N-methyl/N-ethyl adjacent to an activating group) is 1. The highest BCUT2D eigenvalue weighted by Gasteiger charge is 2.21. The molecule has 0 aliphatic carbocycles. The smallest absolute Gasteiger partial charge is 0.208 e.